The van der Waals surface area contributed by atoms with E-state index >= 15 is 0 Å². The highest BCUT2D eigenvalue weighted by Crippen LogP contribution is 2.19. The minimum Gasteiger partial charge on any atom is -0.507 e. The van der Waals surface area contributed by atoms with Gasteiger partial charge in [0.2, 0.25) is 0 Å². The number of halogens is 1. The van der Waals surface area contributed by atoms with Gasteiger partial charge < -0.3 is 5.11 Å². The number of benzene rings is 1. The molecular formula is C12H19FO2. The number of aryl methyl sites for hydroxylation is 1. The molecule has 0 unspecified atom stereocenters. The molecule has 0 heterocycles. The Hall–Kier alpha value is -1.38. The van der Waals surface area contributed by atoms with Crippen molar-refractivity contribution in [3.05, 3.63) is 29.1 Å². The average Bonchev–Trinajstić information content (AvgIpc) is 2.29. The number of hydrogen-bond acceptors (Lipinski definition) is 2. The molecule has 0 saturated carbocycles. The molecule has 1 rings (SSSR count). The summed E-state index contributed by atoms with van der Waals surface area (Å²) in [7, 11) is 0. The molecule has 0 aliphatic rings. The maximum atomic E-state index is 12.7. The molecule has 0 atom stereocenters. The lowest BCUT2D eigenvalue weighted by atomic mass is 10.1. The van der Waals surface area contributed by atoms with Crippen LogP contribution < -0.4 is 0 Å². The molecule has 1 aromatic carbocycles. The number of hydrogen-bond donors (Lipinski definition) is 1. The van der Waals surface area contributed by atoms with Crippen molar-refractivity contribution in [2.24, 2.45) is 0 Å². The second kappa shape index (κ2) is 9.19. The van der Waals surface area contributed by atoms with Crippen LogP contribution in [0.25, 0.3) is 0 Å². The maximum Gasteiger partial charge on any atom is 0.153 e. The van der Waals surface area contributed by atoms with Gasteiger partial charge in [0, 0.05) is 0 Å². The first-order valence-electron chi connectivity index (χ1n) is 5.09. The predicted molar refractivity (Wildman–Crippen MR) is 60.9 cm³/mol. The van der Waals surface area contributed by atoms with E-state index in [1.54, 1.807) is 0 Å². The summed E-state index contributed by atoms with van der Waals surface area (Å²) in [5, 5.41) is 9.02. The van der Waals surface area contributed by atoms with Crippen molar-refractivity contribution in [3.8, 4) is 5.75 Å². The van der Waals surface area contributed by atoms with Gasteiger partial charge in [0.25, 0.3) is 0 Å². The Kier molecular flexibility index (Phi) is 9.84. The third-order valence-corrected chi connectivity index (χ3v) is 1.43. The van der Waals surface area contributed by atoms with Crippen molar-refractivity contribution in [3.63, 3.8) is 0 Å². The standard InChI is InChI=1S/C8H7FO2.2C2H6/c1-5-2-8(11)6(4-10)3-7(5)9;2*1-2/h2-4,11H,1H3;2*1-2H3. The second-order valence-electron chi connectivity index (χ2n) is 2.28. The summed E-state index contributed by atoms with van der Waals surface area (Å²) < 4.78 is 12.7. The van der Waals surface area contributed by atoms with Crippen LogP contribution in [0, 0.1) is 12.7 Å². The van der Waals surface area contributed by atoms with Crippen LogP contribution in [0.5, 0.6) is 5.75 Å². The molecule has 0 aromatic heterocycles. The number of phenolic OH excluding ortho intramolecular Hbond substituents is 1. The topological polar surface area (TPSA) is 37.3 Å². The van der Waals surface area contributed by atoms with Crippen molar-refractivity contribution < 1.29 is 14.3 Å². The lowest BCUT2D eigenvalue weighted by Gasteiger charge is -1.99. The average molecular weight is 214 g/mol. The monoisotopic (exact) mass is 214 g/mol. The first kappa shape index (κ1) is 16.1. The van der Waals surface area contributed by atoms with Gasteiger partial charge in [0.15, 0.2) is 6.29 Å². The second-order valence-corrected chi connectivity index (χ2v) is 2.28. The summed E-state index contributed by atoms with van der Waals surface area (Å²) in [5.74, 6) is -0.663. The third-order valence-electron chi connectivity index (χ3n) is 1.43. The zero-order valence-corrected chi connectivity index (χ0v) is 9.97. The molecule has 0 bridgehead atoms. The van der Waals surface area contributed by atoms with E-state index < -0.39 is 5.82 Å². The number of phenols is 1. The van der Waals surface area contributed by atoms with Gasteiger partial charge in [-0.2, -0.15) is 0 Å². The number of carbonyl (C=O) groups excluding carboxylic acids is 1. The van der Waals surface area contributed by atoms with Gasteiger partial charge in [-0.3, -0.25) is 4.79 Å². The van der Waals surface area contributed by atoms with Gasteiger partial charge in [0.05, 0.1) is 5.56 Å². The summed E-state index contributed by atoms with van der Waals surface area (Å²) >= 11 is 0. The van der Waals surface area contributed by atoms with Gasteiger partial charge in [0.1, 0.15) is 11.6 Å². The highest BCUT2D eigenvalue weighted by molar-refractivity contribution is 5.79. The van der Waals surface area contributed by atoms with E-state index in [2.05, 4.69) is 0 Å². The maximum absolute atomic E-state index is 12.7. The molecule has 86 valence electrons. The van der Waals surface area contributed by atoms with E-state index in [-0.39, 0.29) is 11.3 Å². The summed E-state index contributed by atoms with van der Waals surface area (Å²) in [6, 6.07) is 2.23. The van der Waals surface area contributed by atoms with Crippen LogP contribution in [-0.4, -0.2) is 11.4 Å². The third kappa shape index (κ3) is 5.15. The summed E-state index contributed by atoms with van der Waals surface area (Å²) in [6.07, 6.45) is 0.415. The molecule has 15 heavy (non-hydrogen) atoms. The van der Waals surface area contributed by atoms with Gasteiger partial charge in [-0.05, 0) is 24.6 Å². The van der Waals surface area contributed by atoms with E-state index in [0.717, 1.165) is 6.07 Å². The Bertz CT molecular complexity index is 296. The first-order valence-corrected chi connectivity index (χ1v) is 5.09. The Labute approximate surface area is 90.8 Å². The van der Waals surface area contributed by atoms with E-state index in [0.29, 0.717) is 11.8 Å². The molecule has 0 amide bonds. The minimum atomic E-state index is -0.482. The van der Waals surface area contributed by atoms with E-state index in [9.17, 15) is 9.18 Å². The predicted octanol–water partition coefficient (Wildman–Crippen LogP) is 3.70. The molecule has 0 radical (unpaired) electrons. The zero-order chi connectivity index (χ0) is 12.4. The van der Waals surface area contributed by atoms with Crippen LogP contribution in [0.2, 0.25) is 0 Å². The lowest BCUT2D eigenvalue weighted by Crippen LogP contribution is -1.87. The summed E-state index contributed by atoms with van der Waals surface area (Å²) in [5.41, 5.74) is 0.307. The highest BCUT2D eigenvalue weighted by Gasteiger charge is 2.04. The summed E-state index contributed by atoms with van der Waals surface area (Å²) in [4.78, 5) is 10.2. The zero-order valence-electron chi connectivity index (χ0n) is 9.97. The Morgan fingerprint density at radius 3 is 2.07 bits per heavy atom. The largest absolute Gasteiger partial charge is 0.507 e. The molecule has 2 nitrogen and oxygen atoms in total. The smallest absolute Gasteiger partial charge is 0.153 e. The Balaban J connectivity index is 0. The van der Waals surface area contributed by atoms with Crippen molar-refractivity contribution in [2.45, 2.75) is 34.6 Å². The quantitative estimate of drug-likeness (QED) is 0.724. The molecule has 0 fully saturated rings. The molecule has 0 spiro atoms. The molecule has 1 N–H and O–H groups in total. The van der Waals surface area contributed by atoms with E-state index in [1.165, 1.54) is 13.0 Å². The molecule has 0 saturated heterocycles. The van der Waals surface area contributed by atoms with Gasteiger partial charge in [-0.1, -0.05) is 27.7 Å². The Morgan fingerprint density at radius 1 is 1.20 bits per heavy atom. The number of aromatic hydroxyl groups is 1. The summed E-state index contributed by atoms with van der Waals surface area (Å²) in [6.45, 7) is 9.52. The normalized spacial score (nSPS) is 7.87. The van der Waals surface area contributed by atoms with Crippen LogP contribution in [0.1, 0.15) is 43.6 Å². The highest BCUT2D eigenvalue weighted by atomic mass is 19.1. The van der Waals surface area contributed by atoms with Crippen LogP contribution in [0.3, 0.4) is 0 Å². The molecule has 0 aliphatic carbocycles. The lowest BCUT2D eigenvalue weighted by molar-refractivity contribution is 0.112. The molecule has 3 heteroatoms. The number of rotatable bonds is 1. The minimum absolute atomic E-state index is 0.0203. The van der Waals surface area contributed by atoms with E-state index in [4.69, 9.17) is 5.11 Å². The molecule has 1 aromatic rings. The van der Waals surface area contributed by atoms with Crippen LogP contribution in [-0.2, 0) is 0 Å². The first-order chi connectivity index (χ1) is 7.15. The van der Waals surface area contributed by atoms with Crippen molar-refractivity contribution >= 4 is 6.29 Å². The van der Waals surface area contributed by atoms with Gasteiger partial charge in [-0.25, -0.2) is 4.39 Å². The van der Waals surface area contributed by atoms with E-state index in [1.807, 2.05) is 27.7 Å². The SMILES string of the molecule is CC.CC.Cc1cc(O)c(C=O)cc1F. The molecule has 0 aliphatic heterocycles. The van der Waals surface area contributed by atoms with Crippen molar-refractivity contribution in [1.82, 2.24) is 0 Å². The number of aldehydes is 1. The van der Waals surface area contributed by atoms with Crippen molar-refractivity contribution in [1.29, 1.82) is 0 Å². The van der Waals surface area contributed by atoms with Crippen molar-refractivity contribution in [2.75, 3.05) is 0 Å². The number of carbonyl (C=O) groups is 1. The fraction of sp³-hybridized carbons (Fsp3) is 0.417. The van der Waals surface area contributed by atoms with Crippen LogP contribution in [0.4, 0.5) is 4.39 Å². The molecular weight excluding hydrogens is 195 g/mol. The fourth-order valence-corrected chi connectivity index (χ4v) is 0.776. The van der Waals surface area contributed by atoms with Gasteiger partial charge in [-0.15, -0.1) is 0 Å². The Morgan fingerprint density at radius 2 is 1.67 bits per heavy atom. The van der Waals surface area contributed by atoms with Crippen LogP contribution in [0.15, 0.2) is 12.1 Å². The fourth-order valence-electron chi connectivity index (χ4n) is 0.776. The van der Waals surface area contributed by atoms with Gasteiger partial charge >= 0.3 is 0 Å². The van der Waals surface area contributed by atoms with Crippen LogP contribution >= 0.6 is 0 Å².